The topological polar surface area (TPSA) is 44.7 Å². The lowest BCUT2D eigenvalue weighted by atomic mass is 9.82. The first-order valence-corrected chi connectivity index (χ1v) is 7.98. The van der Waals surface area contributed by atoms with Crippen LogP contribution in [0.5, 0.6) is 11.5 Å². The molecular formula is C17H26N2O2. The van der Waals surface area contributed by atoms with Crippen molar-refractivity contribution in [3.63, 3.8) is 0 Å². The summed E-state index contributed by atoms with van der Waals surface area (Å²) in [6.07, 6.45) is 6.48. The number of phenols is 1. The van der Waals surface area contributed by atoms with Crippen molar-refractivity contribution in [3.05, 3.63) is 23.8 Å². The monoisotopic (exact) mass is 290 g/mol. The number of hydrogen-bond acceptors (Lipinski definition) is 4. The molecule has 2 aliphatic heterocycles. The number of nitrogens with one attached hydrogen (secondary N) is 1. The number of phenolic OH excluding ortho intramolecular Hbond substituents is 1. The number of ether oxygens (including phenoxy) is 1. The Labute approximate surface area is 127 Å². The van der Waals surface area contributed by atoms with Crippen LogP contribution in [0.15, 0.2) is 18.2 Å². The molecule has 4 heteroatoms. The maximum atomic E-state index is 9.96. The van der Waals surface area contributed by atoms with E-state index in [4.69, 9.17) is 4.74 Å². The zero-order valence-electron chi connectivity index (χ0n) is 13.0. The Morgan fingerprint density at radius 2 is 2.00 bits per heavy atom. The molecule has 2 aliphatic rings. The van der Waals surface area contributed by atoms with E-state index < -0.39 is 0 Å². The summed E-state index contributed by atoms with van der Waals surface area (Å²) >= 11 is 0. The fourth-order valence-electron chi connectivity index (χ4n) is 3.87. The van der Waals surface area contributed by atoms with Crippen LogP contribution in [0, 0.1) is 0 Å². The molecule has 1 aromatic rings. The largest absolute Gasteiger partial charge is 0.508 e. The summed E-state index contributed by atoms with van der Waals surface area (Å²) < 4.78 is 5.23. The third-order valence-corrected chi connectivity index (χ3v) is 5.21. The standard InChI is InChI=1S/C17H26N2O2/c1-19-14-4-3-5-15(19)10-13(9-14)18-11-12-8-16(21-2)6-7-17(12)20/h6-8,13-15,18,20H,3-5,9-11H2,1-2H3. The van der Waals surface area contributed by atoms with Gasteiger partial charge in [-0.05, 0) is 50.9 Å². The maximum absolute atomic E-state index is 9.96. The summed E-state index contributed by atoms with van der Waals surface area (Å²) in [5.41, 5.74) is 0.915. The molecule has 2 fully saturated rings. The SMILES string of the molecule is COc1ccc(O)c(CNC2CC3CCCC(C2)N3C)c1. The molecule has 4 nitrogen and oxygen atoms in total. The lowest BCUT2D eigenvalue weighted by Crippen LogP contribution is -2.54. The first kappa shape index (κ1) is 14.7. The minimum absolute atomic E-state index is 0.344. The number of hydrogen-bond donors (Lipinski definition) is 2. The molecule has 1 aromatic carbocycles. The van der Waals surface area contributed by atoms with Crippen LogP contribution in [0.4, 0.5) is 0 Å². The van der Waals surface area contributed by atoms with Gasteiger partial charge in [-0.1, -0.05) is 6.42 Å². The molecule has 116 valence electrons. The van der Waals surface area contributed by atoms with Gasteiger partial charge < -0.3 is 20.1 Å². The highest BCUT2D eigenvalue weighted by Gasteiger charge is 2.35. The first-order valence-electron chi connectivity index (χ1n) is 7.98. The van der Waals surface area contributed by atoms with Crippen LogP contribution >= 0.6 is 0 Å². The molecule has 2 unspecified atom stereocenters. The van der Waals surface area contributed by atoms with Gasteiger partial charge in [0.05, 0.1) is 7.11 Å². The minimum atomic E-state index is 0.344. The predicted octanol–water partition coefficient (Wildman–Crippen LogP) is 2.51. The molecule has 2 atom stereocenters. The molecule has 0 amide bonds. The zero-order valence-corrected chi connectivity index (χ0v) is 13.0. The highest BCUT2D eigenvalue weighted by molar-refractivity contribution is 5.39. The molecule has 0 aliphatic carbocycles. The molecule has 0 saturated carbocycles. The van der Waals surface area contributed by atoms with E-state index in [1.807, 2.05) is 6.07 Å². The van der Waals surface area contributed by atoms with E-state index in [1.165, 1.54) is 32.1 Å². The Balaban J connectivity index is 1.60. The number of piperidine rings is 2. The number of nitrogens with zero attached hydrogens (tertiary/aromatic N) is 1. The van der Waals surface area contributed by atoms with Gasteiger partial charge in [0.15, 0.2) is 0 Å². The summed E-state index contributed by atoms with van der Waals surface area (Å²) in [6.45, 7) is 0.705. The van der Waals surface area contributed by atoms with E-state index in [9.17, 15) is 5.11 Å². The second-order valence-electron chi connectivity index (χ2n) is 6.45. The summed E-state index contributed by atoms with van der Waals surface area (Å²) in [4.78, 5) is 2.57. The van der Waals surface area contributed by atoms with Crippen LogP contribution in [-0.4, -0.2) is 42.3 Å². The maximum Gasteiger partial charge on any atom is 0.120 e. The average molecular weight is 290 g/mol. The van der Waals surface area contributed by atoms with E-state index in [0.717, 1.165) is 23.4 Å². The van der Waals surface area contributed by atoms with E-state index >= 15 is 0 Å². The van der Waals surface area contributed by atoms with Crippen LogP contribution in [-0.2, 0) is 6.54 Å². The van der Waals surface area contributed by atoms with Crippen molar-refractivity contribution in [2.45, 2.75) is 56.8 Å². The highest BCUT2D eigenvalue weighted by atomic mass is 16.5. The fraction of sp³-hybridized carbons (Fsp3) is 0.647. The average Bonchev–Trinajstić information content (AvgIpc) is 2.47. The van der Waals surface area contributed by atoms with Crippen LogP contribution < -0.4 is 10.1 Å². The number of aromatic hydroxyl groups is 1. The molecule has 2 bridgehead atoms. The van der Waals surface area contributed by atoms with Crippen molar-refractivity contribution >= 4 is 0 Å². The van der Waals surface area contributed by atoms with Gasteiger partial charge in [-0.2, -0.15) is 0 Å². The second kappa shape index (κ2) is 6.24. The van der Waals surface area contributed by atoms with Crippen molar-refractivity contribution in [1.29, 1.82) is 0 Å². The molecule has 0 radical (unpaired) electrons. The lowest BCUT2D eigenvalue weighted by Gasteiger charge is -2.47. The zero-order chi connectivity index (χ0) is 14.8. The molecule has 21 heavy (non-hydrogen) atoms. The number of methoxy groups -OCH3 is 1. The Bertz CT molecular complexity index is 478. The van der Waals surface area contributed by atoms with Crippen LogP contribution in [0.3, 0.4) is 0 Å². The van der Waals surface area contributed by atoms with E-state index in [0.29, 0.717) is 18.3 Å². The van der Waals surface area contributed by atoms with Gasteiger partial charge in [0.1, 0.15) is 11.5 Å². The lowest BCUT2D eigenvalue weighted by molar-refractivity contribution is 0.0482. The molecule has 2 saturated heterocycles. The van der Waals surface area contributed by atoms with Crippen LogP contribution in [0.2, 0.25) is 0 Å². The molecule has 0 aromatic heterocycles. The van der Waals surface area contributed by atoms with Gasteiger partial charge >= 0.3 is 0 Å². The summed E-state index contributed by atoms with van der Waals surface area (Å²) in [5.74, 6) is 1.14. The molecular weight excluding hydrogens is 264 g/mol. The van der Waals surface area contributed by atoms with Gasteiger partial charge in [0.25, 0.3) is 0 Å². The highest BCUT2D eigenvalue weighted by Crippen LogP contribution is 2.33. The smallest absolute Gasteiger partial charge is 0.120 e. The van der Waals surface area contributed by atoms with E-state index in [-0.39, 0.29) is 0 Å². The van der Waals surface area contributed by atoms with Crippen molar-refractivity contribution in [2.75, 3.05) is 14.2 Å². The molecule has 2 N–H and O–H groups in total. The van der Waals surface area contributed by atoms with Crippen LogP contribution in [0.25, 0.3) is 0 Å². The Hall–Kier alpha value is -1.26. The number of rotatable bonds is 4. The molecule has 0 spiro atoms. The third-order valence-electron chi connectivity index (χ3n) is 5.21. The van der Waals surface area contributed by atoms with Crippen molar-refractivity contribution in [2.24, 2.45) is 0 Å². The Kier molecular flexibility index (Phi) is 4.36. The van der Waals surface area contributed by atoms with Crippen molar-refractivity contribution in [1.82, 2.24) is 10.2 Å². The van der Waals surface area contributed by atoms with Gasteiger partial charge in [-0.25, -0.2) is 0 Å². The second-order valence-corrected chi connectivity index (χ2v) is 6.45. The summed E-state index contributed by atoms with van der Waals surface area (Å²) in [6, 6.07) is 7.43. The summed E-state index contributed by atoms with van der Waals surface area (Å²) in [5, 5.41) is 13.6. The quantitative estimate of drug-likeness (QED) is 0.894. The number of fused-ring (bicyclic) bond motifs is 2. The first-order chi connectivity index (χ1) is 10.2. The Morgan fingerprint density at radius 1 is 1.29 bits per heavy atom. The van der Waals surface area contributed by atoms with E-state index in [1.54, 1.807) is 19.2 Å². The number of benzene rings is 1. The van der Waals surface area contributed by atoms with Crippen LogP contribution in [0.1, 0.15) is 37.7 Å². The van der Waals surface area contributed by atoms with Gasteiger partial charge in [0.2, 0.25) is 0 Å². The third kappa shape index (κ3) is 3.16. The molecule has 2 heterocycles. The Morgan fingerprint density at radius 3 is 2.67 bits per heavy atom. The molecule has 3 rings (SSSR count). The summed E-state index contributed by atoms with van der Waals surface area (Å²) in [7, 11) is 3.93. The van der Waals surface area contributed by atoms with Gasteiger partial charge in [0, 0.05) is 30.2 Å². The normalized spacial score (nSPS) is 29.3. The van der Waals surface area contributed by atoms with Gasteiger partial charge in [-0.3, -0.25) is 0 Å². The minimum Gasteiger partial charge on any atom is -0.508 e. The van der Waals surface area contributed by atoms with Crippen molar-refractivity contribution < 1.29 is 9.84 Å². The predicted molar refractivity (Wildman–Crippen MR) is 83.7 cm³/mol. The fourth-order valence-corrected chi connectivity index (χ4v) is 3.87. The van der Waals surface area contributed by atoms with E-state index in [2.05, 4.69) is 17.3 Å². The van der Waals surface area contributed by atoms with Gasteiger partial charge in [-0.15, -0.1) is 0 Å². The van der Waals surface area contributed by atoms with Crippen molar-refractivity contribution in [3.8, 4) is 11.5 Å².